The molecule has 282 valence electrons. The number of benzene rings is 9. The highest BCUT2D eigenvalue weighted by Crippen LogP contribution is 2.52. The van der Waals surface area contributed by atoms with E-state index in [0.717, 1.165) is 60.5 Å². The molecule has 1 aliphatic rings. The van der Waals surface area contributed by atoms with Gasteiger partial charge in [0.2, 0.25) is 0 Å². The Morgan fingerprint density at radius 3 is 1.88 bits per heavy atom. The number of furan rings is 1. The van der Waals surface area contributed by atoms with Crippen molar-refractivity contribution in [2.24, 2.45) is 0 Å². The van der Waals surface area contributed by atoms with E-state index in [4.69, 9.17) is 19.4 Å². The number of nitrogens with zero attached hydrogens (tertiary/aromatic N) is 3. The number of fused-ring (bicyclic) bond motifs is 9. The zero-order chi connectivity index (χ0) is 40.0. The summed E-state index contributed by atoms with van der Waals surface area (Å²) >= 11 is 0. The van der Waals surface area contributed by atoms with Crippen LogP contribution in [0.15, 0.2) is 192 Å². The third-order valence-corrected chi connectivity index (χ3v) is 12.5. The van der Waals surface area contributed by atoms with Gasteiger partial charge in [0.15, 0.2) is 17.5 Å². The fourth-order valence-electron chi connectivity index (χ4n) is 9.72. The average Bonchev–Trinajstić information content (AvgIpc) is 3.80. The van der Waals surface area contributed by atoms with Crippen molar-refractivity contribution in [3.8, 4) is 67.5 Å². The molecule has 0 spiro atoms. The van der Waals surface area contributed by atoms with Gasteiger partial charge in [-0.05, 0) is 96.4 Å². The summed E-state index contributed by atoms with van der Waals surface area (Å²) in [6.45, 7) is 4.62. The van der Waals surface area contributed by atoms with E-state index in [1.165, 1.54) is 44.2 Å². The predicted molar refractivity (Wildman–Crippen MR) is 247 cm³/mol. The smallest absolute Gasteiger partial charge is 0.164 e. The lowest BCUT2D eigenvalue weighted by Crippen LogP contribution is -2.17. The van der Waals surface area contributed by atoms with Crippen molar-refractivity contribution >= 4 is 43.5 Å². The highest BCUT2D eigenvalue weighted by molar-refractivity contribution is 6.14. The van der Waals surface area contributed by atoms with E-state index in [0.29, 0.717) is 17.5 Å². The molecule has 11 aromatic rings. The Hall–Kier alpha value is -7.69. The molecule has 0 atom stereocenters. The van der Waals surface area contributed by atoms with E-state index in [2.05, 4.69) is 202 Å². The molecule has 0 unspecified atom stereocenters. The molecule has 0 saturated heterocycles. The molecule has 12 rings (SSSR count). The van der Waals surface area contributed by atoms with Gasteiger partial charge in [-0.25, -0.2) is 15.0 Å². The molecule has 2 aromatic heterocycles. The Balaban J connectivity index is 1.07. The SMILES string of the molecule is CC1(C)c2ccccc2-c2cccc(-c3nc(-c4ccc5c(c4)oc4cccc(-c6cccc(-c7ccccc7)c6)c45)nc(-c4cc5ccccc5c5ccccc45)n3)c21. The summed E-state index contributed by atoms with van der Waals surface area (Å²) in [6, 6.07) is 66.6. The summed E-state index contributed by atoms with van der Waals surface area (Å²) < 4.78 is 6.68. The fourth-order valence-corrected chi connectivity index (χ4v) is 9.72. The second-order valence-corrected chi connectivity index (χ2v) is 16.3. The van der Waals surface area contributed by atoms with Crippen molar-refractivity contribution in [2.45, 2.75) is 19.3 Å². The average molecular weight is 768 g/mol. The molecule has 0 aliphatic heterocycles. The van der Waals surface area contributed by atoms with Crippen LogP contribution in [0.3, 0.4) is 0 Å². The van der Waals surface area contributed by atoms with Gasteiger partial charge in [0.05, 0.1) is 0 Å². The molecule has 60 heavy (non-hydrogen) atoms. The van der Waals surface area contributed by atoms with Crippen molar-refractivity contribution in [2.75, 3.05) is 0 Å². The van der Waals surface area contributed by atoms with Crippen molar-refractivity contribution in [1.82, 2.24) is 15.0 Å². The largest absolute Gasteiger partial charge is 0.456 e. The molecular weight excluding hydrogens is 731 g/mol. The van der Waals surface area contributed by atoms with Crippen LogP contribution in [0.5, 0.6) is 0 Å². The molecule has 9 aromatic carbocycles. The van der Waals surface area contributed by atoms with Gasteiger partial charge in [-0.1, -0.05) is 172 Å². The Labute approximate surface area is 347 Å². The van der Waals surface area contributed by atoms with Crippen LogP contribution in [0.1, 0.15) is 25.0 Å². The second-order valence-electron chi connectivity index (χ2n) is 16.3. The van der Waals surface area contributed by atoms with Gasteiger partial charge in [-0.2, -0.15) is 0 Å². The zero-order valence-corrected chi connectivity index (χ0v) is 33.1. The molecule has 0 N–H and O–H groups in total. The zero-order valence-electron chi connectivity index (χ0n) is 33.1. The van der Waals surface area contributed by atoms with Crippen LogP contribution in [0.4, 0.5) is 0 Å². The highest BCUT2D eigenvalue weighted by Gasteiger charge is 2.38. The lowest BCUT2D eigenvalue weighted by atomic mass is 9.80. The number of hydrogen-bond acceptors (Lipinski definition) is 4. The first-order chi connectivity index (χ1) is 29.5. The van der Waals surface area contributed by atoms with Crippen LogP contribution in [0.25, 0.3) is 111 Å². The van der Waals surface area contributed by atoms with Gasteiger partial charge in [-0.15, -0.1) is 0 Å². The third-order valence-electron chi connectivity index (χ3n) is 12.5. The van der Waals surface area contributed by atoms with Crippen LogP contribution in [-0.4, -0.2) is 15.0 Å². The molecule has 4 heteroatoms. The van der Waals surface area contributed by atoms with Crippen LogP contribution in [0.2, 0.25) is 0 Å². The van der Waals surface area contributed by atoms with Crippen molar-refractivity contribution < 1.29 is 4.42 Å². The molecule has 0 amide bonds. The normalized spacial score (nSPS) is 13.0. The Kier molecular flexibility index (Phi) is 7.54. The summed E-state index contributed by atoms with van der Waals surface area (Å²) in [4.78, 5) is 16.1. The van der Waals surface area contributed by atoms with Gasteiger partial charge >= 0.3 is 0 Å². The van der Waals surface area contributed by atoms with Crippen molar-refractivity contribution in [3.05, 3.63) is 199 Å². The number of rotatable bonds is 5. The third kappa shape index (κ3) is 5.27. The Bertz CT molecular complexity index is 3530. The summed E-state index contributed by atoms with van der Waals surface area (Å²) in [5.74, 6) is 1.87. The lowest BCUT2D eigenvalue weighted by Gasteiger charge is -2.24. The van der Waals surface area contributed by atoms with Gasteiger partial charge in [0.25, 0.3) is 0 Å². The minimum absolute atomic E-state index is 0.253. The number of hydrogen-bond donors (Lipinski definition) is 0. The summed E-state index contributed by atoms with van der Waals surface area (Å²) in [7, 11) is 0. The monoisotopic (exact) mass is 767 g/mol. The van der Waals surface area contributed by atoms with Gasteiger partial charge < -0.3 is 4.42 Å². The maximum absolute atomic E-state index is 6.68. The van der Waals surface area contributed by atoms with Crippen LogP contribution < -0.4 is 0 Å². The first-order valence-corrected chi connectivity index (χ1v) is 20.5. The first-order valence-electron chi connectivity index (χ1n) is 20.5. The van der Waals surface area contributed by atoms with E-state index in [9.17, 15) is 0 Å². The van der Waals surface area contributed by atoms with E-state index in [-0.39, 0.29) is 5.41 Å². The van der Waals surface area contributed by atoms with E-state index >= 15 is 0 Å². The van der Waals surface area contributed by atoms with Gasteiger partial charge in [0.1, 0.15) is 11.2 Å². The molecule has 0 fully saturated rings. The van der Waals surface area contributed by atoms with Crippen molar-refractivity contribution in [3.63, 3.8) is 0 Å². The maximum Gasteiger partial charge on any atom is 0.164 e. The topological polar surface area (TPSA) is 51.8 Å². The van der Waals surface area contributed by atoms with Crippen LogP contribution in [0, 0.1) is 0 Å². The minimum Gasteiger partial charge on any atom is -0.456 e. The summed E-state index contributed by atoms with van der Waals surface area (Å²) in [5.41, 5.74) is 13.9. The van der Waals surface area contributed by atoms with Crippen molar-refractivity contribution in [1.29, 1.82) is 0 Å². The van der Waals surface area contributed by atoms with Crippen LogP contribution >= 0.6 is 0 Å². The quantitative estimate of drug-likeness (QED) is 0.164. The lowest BCUT2D eigenvalue weighted by molar-refractivity contribution is 0.661. The van der Waals surface area contributed by atoms with Crippen LogP contribution in [-0.2, 0) is 5.41 Å². The Morgan fingerprint density at radius 1 is 0.367 bits per heavy atom. The molecule has 0 radical (unpaired) electrons. The predicted octanol–water partition coefficient (Wildman–Crippen LogP) is 14.7. The fraction of sp³-hybridized carbons (Fsp3) is 0.0536. The maximum atomic E-state index is 6.68. The standard InChI is InChI=1S/C56H37N3O/c1-56(2)48-27-11-10-23-43(48)44-25-13-26-46(52(44)56)54-57-53(58-55(59-54)47-32-37-17-6-7-20-39(37)41-21-8-9-22-42(41)47)38-29-30-45-50(33-38)60-49-28-14-24-40(51(45)49)36-19-12-18-35(31-36)34-15-4-3-5-16-34/h3-33H,1-2H3. The molecule has 2 heterocycles. The van der Waals surface area contributed by atoms with E-state index < -0.39 is 0 Å². The summed E-state index contributed by atoms with van der Waals surface area (Å²) in [5, 5.41) is 6.74. The number of aromatic nitrogens is 3. The molecule has 4 nitrogen and oxygen atoms in total. The first kappa shape index (κ1) is 34.4. The molecule has 1 aliphatic carbocycles. The van der Waals surface area contributed by atoms with E-state index in [1.807, 2.05) is 0 Å². The Morgan fingerprint density at radius 2 is 1.00 bits per heavy atom. The summed E-state index contributed by atoms with van der Waals surface area (Å²) in [6.07, 6.45) is 0. The molecule has 0 bridgehead atoms. The highest BCUT2D eigenvalue weighted by atomic mass is 16.3. The van der Waals surface area contributed by atoms with Gasteiger partial charge in [0, 0.05) is 32.9 Å². The molecular formula is C56H37N3O. The molecule has 0 saturated carbocycles. The van der Waals surface area contributed by atoms with E-state index in [1.54, 1.807) is 0 Å². The second kappa shape index (κ2) is 13.2. The van der Waals surface area contributed by atoms with Gasteiger partial charge in [-0.3, -0.25) is 0 Å². The minimum atomic E-state index is -0.253.